The van der Waals surface area contributed by atoms with E-state index in [9.17, 15) is 24.3 Å². The molecule has 4 amide bonds. The number of hydrogen-bond acceptors (Lipinski definition) is 6. The quantitative estimate of drug-likeness (QED) is 0.379. The highest BCUT2D eigenvalue weighted by atomic mass is 35.5. The van der Waals surface area contributed by atoms with Gasteiger partial charge in [-0.3, -0.25) is 29.4 Å². The molecule has 2 heterocycles. The molecule has 168 valence electrons. The van der Waals surface area contributed by atoms with E-state index in [4.69, 9.17) is 27.9 Å². The average molecular weight is 479 g/mol. The third-order valence-electron chi connectivity index (χ3n) is 7.42. The van der Waals surface area contributed by atoms with Gasteiger partial charge < -0.3 is 9.84 Å². The van der Waals surface area contributed by atoms with Gasteiger partial charge in [-0.05, 0) is 24.8 Å². The Labute approximate surface area is 193 Å². The lowest BCUT2D eigenvalue weighted by Gasteiger charge is -2.50. The van der Waals surface area contributed by atoms with Crippen molar-refractivity contribution in [2.24, 2.45) is 17.8 Å². The topological polar surface area (TPSA) is 113 Å². The number of phenols is 1. The van der Waals surface area contributed by atoms with Gasteiger partial charge in [0.05, 0.1) is 18.9 Å². The smallest absolute Gasteiger partial charge is 0.253 e. The number of carbonyl (C=O) groups is 4. The number of halogens is 2. The van der Waals surface area contributed by atoms with Crippen molar-refractivity contribution < 1.29 is 29.0 Å². The first-order valence-corrected chi connectivity index (χ1v) is 10.9. The van der Waals surface area contributed by atoms with E-state index >= 15 is 0 Å². The van der Waals surface area contributed by atoms with Gasteiger partial charge in [-0.1, -0.05) is 23.8 Å². The van der Waals surface area contributed by atoms with Crippen LogP contribution in [0, 0.1) is 17.8 Å². The number of imide groups is 2. The van der Waals surface area contributed by atoms with Crippen LogP contribution in [0.1, 0.15) is 24.3 Å². The number of phenolic OH excluding ortho intramolecular Hbond substituents is 1. The van der Waals surface area contributed by atoms with E-state index in [0.717, 1.165) is 4.90 Å². The number of hydrogen-bond donors (Lipinski definition) is 2. The minimum atomic E-state index is -1.93. The maximum atomic E-state index is 13.4. The molecule has 0 spiro atoms. The predicted octanol–water partition coefficient (Wildman–Crippen LogP) is 1.68. The van der Waals surface area contributed by atoms with Crippen LogP contribution < -0.4 is 10.1 Å². The Hall–Kier alpha value is -2.58. The Morgan fingerprint density at radius 2 is 1.84 bits per heavy atom. The van der Waals surface area contributed by atoms with Gasteiger partial charge in [-0.25, -0.2) is 0 Å². The fraction of sp³-hybridized carbons (Fsp3) is 0.455. The number of para-hydroxylation sites is 1. The molecule has 4 aliphatic rings. The molecule has 10 heteroatoms. The van der Waals surface area contributed by atoms with Crippen LogP contribution in [0.15, 0.2) is 29.8 Å². The molecule has 2 N–H and O–H groups in total. The molecule has 1 aromatic rings. The summed E-state index contributed by atoms with van der Waals surface area (Å²) < 4.78 is 5.23. The molecular weight excluding hydrogens is 459 g/mol. The second-order valence-corrected chi connectivity index (χ2v) is 9.99. The second kappa shape index (κ2) is 6.71. The first-order chi connectivity index (χ1) is 15.1. The molecule has 0 bridgehead atoms. The molecule has 32 heavy (non-hydrogen) atoms. The zero-order valence-electron chi connectivity index (χ0n) is 17.2. The molecule has 0 radical (unpaired) electrons. The largest absolute Gasteiger partial charge is 0.504 e. The molecule has 0 unspecified atom stereocenters. The number of aromatic hydroxyl groups is 1. The summed E-state index contributed by atoms with van der Waals surface area (Å²) in [5, 5.41) is 13.3. The summed E-state index contributed by atoms with van der Waals surface area (Å²) in [6.45, 7) is 0. The summed E-state index contributed by atoms with van der Waals surface area (Å²) in [5.74, 6) is -5.15. The zero-order chi connectivity index (χ0) is 23.2. The van der Waals surface area contributed by atoms with Gasteiger partial charge in [0.2, 0.25) is 11.8 Å². The minimum Gasteiger partial charge on any atom is -0.504 e. The SMILES string of the molecule is COc1cccc([C@H]2C3=CC[C@@H]4C(=O)NC(=O)[C@@H]4[C@@H]3C[C@@]3(Cl)C(=O)N(C)C(=O)[C@@]23Cl)c1O. The molecule has 1 saturated carbocycles. The second-order valence-electron chi connectivity index (χ2n) is 8.75. The molecule has 3 fully saturated rings. The Bertz CT molecular complexity index is 1140. The average Bonchev–Trinajstić information content (AvgIpc) is 3.12. The van der Waals surface area contributed by atoms with Crippen LogP contribution in [0.2, 0.25) is 0 Å². The molecule has 5 rings (SSSR count). The first-order valence-electron chi connectivity index (χ1n) is 10.2. The third kappa shape index (κ3) is 2.34. The van der Waals surface area contributed by atoms with E-state index in [2.05, 4.69) is 5.32 Å². The normalized spacial score (nSPS) is 38.1. The zero-order valence-corrected chi connectivity index (χ0v) is 18.7. The van der Waals surface area contributed by atoms with Crippen LogP contribution in [0.3, 0.4) is 0 Å². The number of nitrogens with zero attached hydrogens (tertiary/aromatic N) is 1. The number of nitrogens with one attached hydrogen (secondary N) is 1. The van der Waals surface area contributed by atoms with Gasteiger partial charge in [0.1, 0.15) is 0 Å². The van der Waals surface area contributed by atoms with Gasteiger partial charge in [-0.2, -0.15) is 0 Å². The van der Waals surface area contributed by atoms with Crippen LogP contribution in [-0.2, 0) is 19.2 Å². The van der Waals surface area contributed by atoms with E-state index in [-0.39, 0.29) is 35.8 Å². The van der Waals surface area contributed by atoms with Gasteiger partial charge >= 0.3 is 0 Å². The Morgan fingerprint density at radius 1 is 1.12 bits per heavy atom. The first kappa shape index (κ1) is 21.3. The number of rotatable bonds is 2. The molecule has 2 aliphatic carbocycles. The fourth-order valence-electron chi connectivity index (χ4n) is 5.94. The summed E-state index contributed by atoms with van der Waals surface area (Å²) >= 11 is 14.0. The lowest BCUT2D eigenvalue weighted by atomic mass is 9.56. The number of methoxy groups -OCH3 is 1. The maximum Gasteiger partial charge on any atom is 0.253 e. The summed E-state index contributed by atoms with van der Waals surface area (Å²) in [5.41, 5.74) is 0.877. The summed E-state index contributed by atoms with van der Waals surface area (Å²) in [7, 11) is 2.70. The summed E-state index contributed by atoms with van der Waals surface area (Å²) in [4.78, 5) is 48.7. The van der Waals surface area contributed by atoms with Gasteiger partial charge in [-0.15, -0.1) is 23.2 Å². The van der Waals surface area contributed by atoms with Gasteiger partial charge in [0, 0.05) is 18.5 Å². The number of benzene rings is 1. The molecular formula is C22H20Cl2N2O6. The van der Waals surface area contributed by atoms with E-state index in [1.807, 2.05) is 0 Å². The van der Waals surface area contributed by atoms with Crippen molar-refractivity contribution in [3.63, 3.8) is 0 Å². The van der Waals surface area contributed by atoms with Gasteiger partial charge in [0.15, 0.2) is 21.2 Å². The summed E-state index contributed by atoms with van der Waals surface area (Å²) in [6.07, 6.45) is 1.99. The van der Waals surface area contributed by atoms with E-state index < -0.39 is 51.1 Å². The fourth-order valence-corrected chi connectivity index (χ4v) is 6.95. The van der Waals surface area contributed by atoms with Crippen LogP contribution in [0.4, 0.5) is 0 Å². The van der Waals surface area contributed by atoms with Crippen molar-refractivity contribution in [3.8, 4) is 11.5 Å². The Morgan fingerprint density at radius 3 is 2.53 bits per heavy atom. The van der Waals surface area contributed by atoms with E-state index in [1.165, 1.54) is 14.2 Å². The third-order valence-corrected chi connectivity index (χ3v) is 8.83. The van der Waals surface area contributed by atoms with Crippen LogP contribution in [0.25, 0.3) is 0 Å². The van der Waals surface area contributed by atoms with Crippen LogP contribution in [-0.4, -0.2) is 57.5 Å². The lowest BCUT2D eigenvalue weighted by molar-refractivity contribution is -0.138. The Kier molecular flexibility index (Phi) is 4.46. The lowest BCUT2D eigenvalue weighted by Crippen LogP contribution is -2.60. The minimum absolute atomic E-state index is 0.0814. The van der Waals surface area contributed by atoms with E-state index in [1.54, 1.807) is 24.3 Å². The molecule has 1 aromatic carbocycles. The number of likely N-dealkylation sites (tertiary alicyclic amines) is 1. The molecule has 8 nitrogen and oxygen atoms in total. The van der Waals surface area contributed by atoms with E-state index in [0.29, 0.717) is 5.57 Å². The predicted molar refractivity (Wildman–Crippen MR) is 113 cm³/mol. The standard InChI is InChI=1S/C22H20Cl2N2O6/c1-26-19(30)21(23)8-12-9(6-7-10-14(12)18(29)25-17(10)28)15(22(21,24)20(26)31)11-4-3-5-13(32-2)16(11)27/h3-6,10,12,14-15,27H,7-8H2,1-2H3,(H,25,28,29)/t10-,12+,14-,15+,21+,22-/m0/s1. The van der Waals surface area contributed by atoms with Crippen molar-refractivity contribution >= 4 is 46.8 Å². The van der Waals surface area contributed by atoms with Crippen molar-refractivity contribution in [1.29, 1.82) is 0 Å². The number of ether oxygens (including phenoxy) is 1. The maximum absolute atomic E-state index is 13.4. The highest BCUT2D eigenvalue weighted by Crippen LogP contribution is 2.65. The van der Waals surface area contributed by atoms with Crippen molar-refractivity contribution in [3.05, 3.63) is 35.4 Å². The molecule has 2 saturated heterocycles. The van der Waals surface area contributed by atoms with Crippen LogP contribution >= 0.6 is 23.2 Å². The van der Waals surface area contributed by atoms with Gasteiger partial charge in [0.25, 0.3) is 11.8 Å². The number of fused-ring (bicyclic) bond motifs is 4. The highest BCUT2D eigenvalue weighted by Gasteiger charge is 2.75. The molecule has 6 atom stereocenters. The van der Waals surface area contributed by atoms with Crippen molar-refractivity contribution in [1.82, 2.24) is 10.2 Å². The van der Waals surface area contributed by atoms with Crippen molar-refractivity contribution in [2.75, 3.05) is 14.2 Å². The number of carbonyl (C=O) groups excluding carboxylic acids is 4. The number of allylic oxidation sites excluding steroid dienone is 2. The number of alkyl halides is 2. The van der Waals surface area contributed by atoms with Crippen LogP contribution in [0.5, 0.6) is 11.5 Å². The molecule has 0 aromatic heterocycles. The summed E-state index contributed by atoms with van der Waals surface area (Å²) in [6, 6.07) is 4.78. The highest BCUT2D eigenvalue weighted by molar-refractivity contribution is 6.53. The molecule has 2 aliphatic heterocycles. The number of amides is 4. The van der Waals surface area contributed by atoms with Crippen molar-refractivity contribution in [2.45, 2.75) is 28.5 Å². The Balaban J connectivity index is 1.79. The monoisotopic (exact) mass is 478 g/mol.